The largest absolute Gasteiger partial charge is 0.337 e. The Kier molecular flexibility index (Phi) is 4.50. The molecule has 0 aliphatic carbocycles. The summed E-state index contributed by atoms with van der Waals surface area (Å²) in [6, 6.07) is 7.82. The van der Waals surface area contributed by atoms with E-state index in [2.05, 4.69) is 20.8 Å². The Bertz CT molecular complexity index is 542. The van der Waals surface area contributed by atoms with Crippen molar-refractivity contribution in [2.45, 2.75) is 46.0 Å². The summed E-state index contributed by atoms with van der Waals surface area (Å²) >= 11 is 0. The molecule has 2 rings (SSSR count). The maximum absolute atomic E-state index is 12.9. The number of Topliss-reactive ketones (excluding diaryl/α,β-unsaturated/α-hetero) is 1. The molecule has 1 amide bonds. The number of rotatable bonds is 2. The number of piperidine rings is 1. The molecule has 1 aromatic rings. The van der Waals surface area contributed by atoms with Crippen LogP contribution in [0.4, 0.5) is 0 Å². The van der Waals surface area contributed by atoms with Crippen LogP contribution >= 0.6 is 0 Å². The number of carbonyl (C=O) groups is 2. The molecular formula is C18H25NO2. The van der Waals surface area contributed by atoms with Crippen molar-refractivity contribution in [3.05, 3.63) is 35.4 Å². The minimum absolute atomic E-state index is 0.00417. The average molecular weight is 287 g/mol. The lowest BCUT2D eigenvalue weighted by Crippen LogP contribution is -2.44. The molecule has 1 aromatic carbocycles. The maximum atomic E-state index is 12.9. The Labute approximate surface area is 127 Å². The first-order chi connectivity index (χ1) is 9.84. The van der Waals surface area contributed by atoms with E-state index in [0.29, 0.717) is 25.3 Å². The standard InChI is InChI=1S/C18H25NO2/c1-5-13-12-19(11-10-16(13)20)17(21)14-8-6-7-9-15(14)18(2,3)4/h6-9,13H,5,10-12H2,1-4H3. The summed E-state index contributed by atoms with van der Waals surface area (Å²) < 4.78 is 0. The third kappa shape index (κ3) is 3.34. The van der Waals surface area contributed by atoms with Gasteiger partial charge in [0, 0.05) is 31.0 Å². The minimum Gasteiger partial charge on any atom is -0.337 e. The third-order valence-corrected chi connectivity index (χ3v) is 4.27. The first-order valence-electron chi connectivity index (χ1n) is 7.76. The van der Waals surface area contributed by atoms with Gasteiger partial charge in [-0.2, -0.15) is 0 Å². The van der Waals surface area contributed by atoms with E-state index in [0.717, 1.165) is 17.5 Å². The summed E-state index contributed by atoms with van der Waals surface area (Å²) in [4.78, 5) is 26.5. The Morgan fingerprint density at radius 3 is 2.57 bits per heavy atom. The second kappa shape index (κ2) is 6.00. The number of hydrogen-bond acceptors (Lipinski definition) is 2. The van der Waals surface area contributed by atoms with Gasteiger partial charge in [-0.05, 0) is 23.5 Å². The van der Waals surface area contributed by atoms with Crippen LogP contribution in [0.15, 0.2) is 24.3 Å². The molecule has 1 fully saturated rings. The van der Waals surface area contributed by atoms with Gasteiger partial charge in [0.05, 0.1) is 0 Å². The molecule has 0 N–H and O–H groups in total. The molecule has 0 radical (unpaired) electrons. The fourth-order valence-electron chi connectivity index (χ4n) is 2.94. The average Bonchev–Trinajstić information content (AvgIpc) is 2.46. The van der Waals surface area contributed by atoms with E-state index in [1.165, 1.54) is 0 Å². The lowest BCUT2D eigenvalue weighted by molar-refractivity contribution is -0.125. The number of nitrogens with zero attached hydrogens (tertiary/aromatic N) is 1. The second-order valence-corrected chi connectivity index (χ2v) is 6.87. The lowest BCUT2D eigenvalue weighted by Gasteiger charge is -2.33. The van der Waals surface area contributed by atoms with Crippen LogP contribution in [0.5, 0.6) is 0 Å². The van der Waals surface area contributed by atoms with Crippen molar-refractivity contribution < 1.29 is 9.59 Å². The van der Waals surface area contributed by atoms with Gasteiger partial charge in [0.1, 0.15) is 5.78 Å². The summed E-state index contributed by atoms with van der Waals surface area (Å²) in [5.41, 5.74) is 1.77. The summed E-state index contributed by atoms with van der Waals surface area (Å²) in [6.07, 6.45) is 1.30. The highest BCUT2D eigenvalue weighted by Gasteiger charge is 2.31. The third-order valence-electron chi connectivity index (χ3n) is 4.27. The van der Waals surface area contributed by atoms with E-state index in [1.54, 1.807) is 0 Å². The predicted octanol–water partition coefficient (Wildman–Crippen LogP) is 3.43. The van der Waals surface area contributed by atoms with Gasteiger partial charge in [-0.25, -0.2) is 0 Å². The highest BCUT2D eigenvalue weighted by Crippen LogP contribution is 2.27. The Hall–Kier alpha value is -1.64. The zero-order valence-corrected chi connectivity index (χ0v) is 13.5. The number of likely N-dealkylation sites (tertiary alicyclic amines) is 1. The topological polar surface area (TPSA) is 37.4 Å². The Morgan fingerprint density at radius 2 is 1.95 bits per heavy atom. The van der Waals surface area contributed by atoms with E-state index in [9.17, 15) is 9.59 Å². The van der Waals surface area contributed by atoms with Gasteiger partial charge in [0.15, 0.2) is 0 Å². The first kappa shape index (κ1) is 15.7. The van der Waals surface area contributed by atoms with Crippen LogP contribution in [0, 0.1) is 5.92 Å². The SMILES string of the molecule is CCC1CN(C(=O)c2ccccc2C(C)(C)C)CCC1=O. The zero-order valence-electron chi connectivity index (χ0n) is 13.5. The normalized spacial score (nSPS) is 19.7. The predicted molar refractivity (Wildman–Crippen MR) is 84.5 cm³/mol. The summed E-state index contributed by atoms with van der Waals surface area (Å²) in [6.45, 7) is 9.48. The van der Waals surface area contributed by atoms with E-state index < -0.39 is 0 Å². The number of ketones is 1. The van der Waals surface area contributed by atoms with Crippen LogP contribution in [0.2, 0.25) is 0 Å². The molecule has 1 heterocycles. The maximum Gasteiger partial charge on any atom is 0.254 e. The Morgan fingerprint density at radius 1 is 1.29 bits per heavy atom. The van der Waals surface area contributed by atoms with Crippen molar-refractivity contribution in [1.82, 2.24) is 4.90 Å². The van der Waals surface area contributed by atoms with Crippen LogP contribution in [0.25, 0.3) is 0 Å². The van der Waals surface area contributed by atoms with E-state index >= 15 is 0 Å². The molecule has 1 atom stereocenters. The van der Waals surface area contributed by atoms with Crippen LogP contribution in [-0.4, -0.2) is 29.7 Å². The molecule has 0 saturated carbocycles. The highest BCUT2D eigenvalue weighted by atomic mass is 16.2. The molecule has 1 aliphatic rings. The van der Waals surface area contributed by atoms with Crippen molar-refractivity contribution in [3.8, 4) is 0 Å². The van der Waals surface area contributed by atoms with Crippen LogP contribution < -0.4 is 0 Å². The van der Waals surface area contributed by atoms with Crippen LogP contribution in [-0.2, 0) is 10.2 Å². The molecule has 114 valence electrons. The fourth-order valence-corrected chi connectivity index (χ4v) is 2.94. The highest BCUT2D eigenvalue weighted by molar-refractivity contribution is 5.97. The quantitative estimate of drug-likeness (QED) is 0.835. The van der Waals surface area contributed by atoms with Crippen LogP contribution in [0.3, 0.4) is 0 Å². The number of hydrogen-bond donors (Lipinski definition) is 0. The molecule has 21 heavy (non-hydrogen) atoms. The smallest absolute Gasteiger partial charge is 0.254 e. The van der Waals surface area contributed by atoms with Crippen molar-refractivity contribution in [2.24, 2.45) is 5.92 Å². The summed E-state index contributed by atoms with van der Waals surface area (Å²) in [7, 11) is 0. The van der Waals surface area contributed by atoms with Gasteiger partial charge in [-0.15, -0.1) is 0 Å². The number of amides is 1. The van der Waals surface area contributed by atoms with Gasteiger partial charge in [-0.3, -0.25) is 9.59 Å². The minimum atomic E-state index is -0.0674. The first-order valence-corrected chi connectivity index (χ1v) is 7.76. The molecule has 0 bridgehead atoms. The molecule has 0 spiro atoms. The number of carbonyl (C=O) groups excluding carboxylic acids is 2. The van der Waals surface area contributed by atoms with Gasteiger partial charge in [0.25, 0.3) is 5.91 Å². The van der Waals surface area contributed by atoms with Crippen molar-refractivity contribution in [2.75, 3.05) is 13.1 Å². The fraction of sp³-hybridized carbons (Fsp3) is 0.556. The van der Waals surface area contributed by atoms with E-state index in [-0.39, 0.29) is 17.2 Å². The van der Waals surface area contributed by atoms with Gasteiger partial charge in [0.2, 0.25) is 0 Å². The summed E-state index contributed by atoms with van der Waals surface area (Å²) in [5, 5.41) is 0. The van der Waals surface area contributed by atoms with Gasteiger partial charge in [-0.1, -0.05) is 45.9 Å². The zero-order chi connectivity index (χ0) is 15.6. The van der Waals surface area contributed by atoms with Gasteiger partial charge < -0.3 is 4.90 Å². The number of benzene rings is 1. The molecule has 1 saturated heterocycles. The molecular weight excluding hydrogens is 262 g/mol. The Balaban J connectivity index is 2.27. The molecule has 3 heteroatoms. The molecule has 0 aromatic heterocycles. The lowest BCUT2D eigenvalue weighted by atomic mass is 9.83. The second-order valence-electron chi connectivity index (χ2n) is 6.87. The van der Waals surface area contributed by atoms with E-state index in [1.807, 2.05) is 36.1 Å². The molecule has 1 aliphatic heterocycles. The van der Waals surface area contributed by atoms with Crippen molar-refractivity contribution >= 4 is 11.7 Å². The van der Waals surface area contributed by atoms with Crippen molar-refractivity contribution in [3.63, 3.8) is 0 Å². The van der Waals surface area contributed by atoms with E-state index in [4.69, 9.17) is 0 Å². The van der Waals surface area contributed by atoms with Crippen molar-refractivity contribution in [1.29, 1.82) is 0 Å². The summed E-state index contributed by atoms with van der Waals surface area (Å²) in [5.74, 6) is 0.363. The molecule has 3 nitrogen and oxygen atoms in total. The van der Waals surface area contributed by atoms with Crippen LogP contribution in [0.1, 0.15) is 56.5 Å². The monoisotopic (exact) mass is 287 g/mol. The van der Waals surface area contributed by atoms with Gasteiger partial charge >= 0.3 is 0 Å². The molecule has 1 unspecified atom stereocenters.